The molecule has 0 aliphatic heterocycles. The molecule has 0 spiro atoms. The van der Waals surface area contributed by atoms with Crippen LogP contribution in [0, 0.1) is 6.92 Å². The second-order valence-electron chi connectivity index (χ2n) is 6.64. The second-order valence-corrected chi connectivity index (χ2v) is 6.64. The Hall–Kier alpha value is -1.57. The Labute approximate surface area is 133 Å². The first-order chi connectivity index (χ1) is 9.47. The summed E-state index contributed by atoms with van der Waals surface area (Å²) in [6.07, 6.45) is 0. The van der Waals surface area contributed by atoms with Crippen LogP contribution in [0.4, 0.5) is 0 Å². The second kappa shape index (κ2) is 5.67. The molecule has 0 unspecified atom stereocenters. The number of rotatable bonds is 2. The van der Waals surface area contributed by atoms with Crippen molar-refractivity contribution in [1.82, 2.24) is 0 Å². The normalized spacial score (nSPS) is 11.6. The minimum absolute atomic E-state index is 0. The molecule has 0 radical (unpaired) electrons. The molecule has 3 rings (SSSR count). The van der Waals surface area contributed by atoms with E-state index in [1.54, 1.807) is 0 Å². The Morgan fingerprint density at radius 1 is 0.714 bits per heavy atom. The van der Waals surface area contributed by atoms with Crippen LogP contribution in [0.1, 0.15) is 11.1 Å². The van der Waals surface area contributed by atoms with Gasteiger partial charge in [0.25, 0.3) is 0 Å². The first kappa shape index (κ1) is 15.8. The smallest absolute Gasteiger partial charge is 0.105 e. The van der Waals surface area contributed by atoms with Crippen LogP contribution >= 0.6 is 0 Å². The fourth-order valence-electron chi connectivity index (χ4n) is 3.07. The maximum absolute atomic E-state index is 2.26. The Kier molecular flexibility index (Phi) is 4.27. The van der Waals surface area contributed by atoms with E-state index in [-0.39, 0.29) is 12.4 Å². The molecule has 3 aromatic rings. The molecule has 3 aromatic carbocycles. The average molecular weight is 300 g/mol. The van der Waals surface area contributed by atoms with Crippen molar-refractivity contribution >= 4 is 21.5 Å². The Balaban J connectivity index is 0.00000161. The number of hydrogen-bond acceptors (Lipinski definition) is 0. The maximum atomic E-state index is 2.26. The molecule has 0 saturated heterocycles. The Morgan fingerprint density at radius 3 is 1.67 bits per heavy atom. The van der Waals surface area contributed by atoms with E-state index in [0.717, 1.165) is 11.0 Å². The Morgan fingerprint density at radius 2 is 1.14 bits per heavy atom. The molecule has 0 aliphatic rings. The van der Waals surface area contributed by atoms with Crippen molar-refractivity contribution in [2.45, 2.75) is 13.5 Å². The Bertz CT molecular complexity index is 785. The first-order valence-corrected chi connectivity index (χ1v) is 7.17. The summed E-state index contributed by atoms with van der Waals surface area (Å²) in [4.78, 5) is 0. The van der Waals surface area contributed by atoms with E-state index in [1.807, 2.05) is 0 Å². The van der Waals surface area contributed by atoms with Gasteiger partial charge in [-0.15, -0.1) is 0 Å². The van der Waals surface area contributed by atoms with Gasteiger partial charge < -0.3 is 16.9 Å². The molecule has 2 heteroatoms. The molecule has 0 aromatic heterocycles. The van der Waals surface area contributed by atoms with Gasteiger partial charge in [-0.25, -0.2) is 0 Å². The SMILES string of the molecule is Cc1c(C[N+](C)(C)C)c2ccccc2c2ccccc12.[Cl-]. The van der Waals surface area contributed by atoms with E-state index >= 15 is 0 Å². The molecule has 0 N–H and O–H groups in total. The summed E-state index contributed by atoms with van der Waals surface area (Å²) < 4.78 is 0.948. The lowest BCUT2D eigenvalue weighted by molar-refractivity contribution is -0.883. The van der Waals surface area contributed by atoms with Gasteiger partial charge in [0.05, 0.1) is 21.1 Å². The fraction of sp³-hybridized carbons (Fsp3) is 0.263. The fourth-order valence-corrected chi connectivity index (χ4v) is 3.07. The zero-order valence-corrected chi connectivity index (χ0v) is 13.9. The number of hydrogen-bond donors (Lipinski definition) is 0. The molecular weight excluding hydrogens is 278 g/mol. The number of nitrogens with zero attached hydrogens (tertiary/aromatic N) is 1. The van der Waals surface area contributed by atoms with Crippen LogP contribution in [-0.2, 0) is 6.54 Å². The van der Waals surface area contributed by atoms with Crippen LogP contribution in [0.5, 0.6) is 0 Å². The first-order valence-electron chi connectivity index (χ1n) is 7.17. The van der Waals surface area contributed by atoms with E-state index in [0.29, 0.717) is 0 Å². The van der Waals surface area contributed by atoms with Crippen molar-refractivity contribution in [2.75, 3.05) is 21.1 Å². The highest BCUT2D eigenvalue weighted by atomic mass is 35.5. The van der Waals surface area contributed by atoms with Crippen molar-refractivity contribution in [1.29, 1.82) is 0 Å². The van der Waals surface area contributed by atoms with Gasteiger partial charge in [0.1, 0.15) is 6.54 Å². The molecule has 21 heavy (non-hydrogen) atoms. The van der Waals surface area contributed by atoms with Gasteiger partial charge in [0, 0.05) is 5.56 Å². The van der Waals surface area contributed by atoms with Crippen LogP contribution < -0.4 is 12.4 Å². The molecule has 0 amide bonds. The highest BCUT2D eigenvalue weighted by Crippen LogP contribution is 2.33. The number of aryl methyl sites for hydroxylation is 1. The summed E-state index contributed by atoms with van der Waals surface area (Å²) in [5.41, 5.74) is 2.90. The third kappa shape index (κ3) is 2.90. The van der Waals surface area contributed by atoms with Crippen LogP contribution in [-0.4, -0.2) is 25.6 Å². The molecule has 0 saturated carbocycles. The summed E-state index contributed by atoms with van der Waals surface area (Å²) in [6, 6.07) is 17.6. The molecule has 110 valence electrons. The predicted molar refractivity (Wildman–Crippen MR) is 87.9 cm³/mol. The van der Waals surface area contributed by atoms with Gasteiger partial charge in [0.15, 0.2) is 0 Å². The van der Waals surface area contributed by atoms with Crippen molar-refractivity contribution in [3.63, 3.8) is 0 Å². The van der Waals surface area contributed by atoms with E-state index < -0.39 is 0 Å². The van der Waals surface area contributed by atoms with Crippen molar-refractivity contribution < 1.29 is 16.9 Å². The summed E-state index contributed by atoms with van der Waals surface area (Å²) >= 11 is 0. The summed E-state index contributed by atoms with van der Waals surface area (Å²) in [7, 11) is 6.76. The molecule has 0 atom stereocenters. The summed E-state index contributed by atoms with van der Waals surface area (Å²) in [6.45, 7) is 3.32. The average Bonchev–Trinajstić information content (AvgIpc) is 2.42. The highest BCUT2D eigenvalue weighted by Gasteiger charge is 2.16. The largest absolute Gasteiger partial charge is 1.00 e. The zero-order chi connectivity index (χ0) is 14.3. The van der Waals surface area contributed by atoms with E-state index in [4.69, 9.17) is 0 Å². The van der Waals surface area contributed by atoms with E-state index in [9.17, 15) is 0 Å². The lowest BCUT2D eigenvalue weighted by Crippen LogP contribution is -3.00. The maximum Gasteiger partial charge on any atom is 0.105 e. The number of halogens is 1. The van der Waals surface area contributed by atoms with Crippen molar-refractivity contribution in [3.8, 4) is 0 Å². The molecule has 0 heterocycles. The van der Waals surface area contributed by atoms with Gasteiger partial charge in [-0.3, -0.25) is 0 Å². The molecular formula is C19H22ClN. The van der Waals surface area contributed by atoms with Gasteiger partial charge in [-0.05, 0) is 34.0 Å². The molecule has 0 aliphatic carbocycles. The summed E-state index contributed by atoms with van der Waals surface area (Å²) in [5, 5.41) is 5.52. The predicted octanol–water partition coefficient (Wildman–Crippen LogP) is 1.51. The van der Waals surface area contributed by atoms with Gasteiger partial charge in [-0.1, -0.05) is 48.5 Å². The van der Waals surface area contributed by atoms with Gasteiger partial charge in [-0.2, -0.15) is 0 Å². The molecule has 0 bridgehead atoms. The summed E-state index contributed by atoms with van der Waals surface area (Å²) in [5.74, 6) is 0. The van der Waals surface area contributed by atoms with Crippen LogP contribution in [0.15, 0.2) is 48.5 Å². The van der Waals surface area contributed by atoms with E-state index in [2.05, 4.69) is 76.6 Å². The number of quaternary nitrogens is 1. The van der Waals surface area contributed by atoms with E-state index in [1.165, 1.54) is 32.7 Å². The molecule has 0 fully saturated rings. The van der Waals surface area contributed by atoms with Crippen LogP contribution in [0.3, 0.4) is 0 Å². The monoisotopic (exact) mass is 299 g/mol. The number of benzene rings is 3. The topological polar surface area (TPSA) is 0 Å². The number of fused-ring (bicyclic) bond motifs is 3. The quantitative estimate of drug-likeness (QED) is 0.497. The lowest BCUT2D eigenvalue weighted by Gasteiger charge is -2.26. The lowest BCUT2D eigenvalue weighted by atomic mass is 9.92. The molecule has 1 nitrogen and oxygen atoms in total. The minimum Gasteiger partial charge on any atom is -1.00 e. The van der Waals surface area contributed by atoms with Gasteiger partial charge >= 0.3 is 0 Å². The standard InChI is InChI=1S/C19H22N.ClH/c1-14-15-9-5-6-10-16(15)17-11-7-8-12-18(17)19(14)13-20(2,3)4;/h5-12H,13H2,1-4H3;1H/q+1;/p-1. The van der Waals surface area contributed by atoms with Gasteiger partial charge in [0.2, 0.25) is 0 Å². The van der Waals surface area contributed by atoms with Crippen LogP contribution in [0.2, 0.25) is 0 Å². The van der Waals surface area contributed by atoms with Crippen molar-refractivity contribution in [3.05, 3.63) is 59.7 Å². The highest BCUT2D eigenvalue weighted by molar-refractivity contribution is 6.10. The van der Waals surface area contributed by atoms with Crippen LogP contribution in [0.25, 0.3) is 21.5 Å². The minimum atomic E-state index is 0. The van der Waals surface area contributed by atoms with Crippen molar-refractivity contribution in [2.24, 2.45) is 0 Å². The third-order valence-corrected chi connectivity index (χ3v) is 3.96. The zero-order valence-electron chi connectivity index (χ0n) is 13.2. The third-order valence-electron chi connectivity index (χ3n) is 3.96.